The molecule has 0 aromatic carbocycles. The van der Waals surface area contributed by atoms with E-state index in [4.69, 9.17) is 14.2 Å². The summed E-state index contributed by atoms with van der Waals surface area (Å²) in [7, 11) is 1.67. The molecule has 1 saturated carbocycles. The third-order valence-corrected chi connectivity index (χ3v) is 4.02. The SMILES string of the molecule is CCC(CO)(CCCOCCCOCCOC)NC1CC1. The molecule has 0 heterocycles. The Morgan fingerprint density at radius 1 is 1.05 bits per heavy atom. The predicted octanol–water partition coefficient (Wildman–Crippen LogP) is 1.73. The Kier molecular flexibility index (Phi) is 10.2. The second-order valence-electron chi connectivity index (χ2n) is 5.89. The van der Waals surface area contributed by atoms with Gasteiger partial charge in [0.05, 0.1) is 19.8 Å². The van der Waals surface area contributed by atoms with Crippen molar-refractivity contribution in [2.75, 3.05) is 46.8 Å². The lowest BCUT2D eigenvalue weighted by atomic mass is 9.91. The van der Waals surface area contributed by atoms with Gasteiger partial charge in [0.2, 0.25) is 0 Å². The maximum atomic E-state index is 9.67. The van der Waals surface area contributed by atoms with Gasteiger partial charge in [0.25, 0.3) is 0 Å². The zero-order valence-electron chi connectivity index (χ0n) is 13.7. The van der Waals surface area contributed by atoms with Gasteiger partial charge < -0.3 is 24.6 Å². The molecule has 1 unspecified atom stereocenters. The molecule has 0 amide bonds. The zero-order chi connectivity index (χ0) is 15.4. The highest BCUT2D eigenvalue weighted by Gasteiger charge is 2.33. The second-order valence-corrected chi connectivity index (χ2v) is 5.89. The lowest BCUT2D eigenvalue weighted by molar-refractivity contribution is 0.0486. The molecule has 1 aliphatic rings. The van der Waals surface area contributed by atoms with Crippen LogP contribution >= 0.6 is 0 Å². The molecule has 0 aromatic rings. The fourth-order valence-electron chi connectivity index (χ4n) is 2.37. The molecule has 0 saturated heterocycles. The van der Waals surface area contributed by atoms with Gasteiger partial charge in [-0.25, -0.2) is 0 Å². The Hall–Kier alpha value is -0.200. The first-order valence-electron chi connectivity index (χ1n) is 8.29. The van der Waals surface area contributed by atoms with Crippen LogP contribution in [0.4, 0.5) is 0 Å². The molecule has 1 fully saturated rings. The van der Waals surface area contributed by atoms with Crippen LogP contribution in [0.3, 0.4) is 0 Å². The van der Waals surface area contributed by atoms with Gasteiger partial charge in [0, 0.05) is 38.5 Å². The second kappa shape index (κ2) is 11.4. The Morgan fingerprint density at radius 3 is 2.29 bits per heavy atom. The highest BCUT2D eigenvalue weighted by atomic mass is 16.5. The average molecular weight is 303 g/mol. The topological polar surface area (TPSA) is 60.0 Å². The molecule has 1 rings (SSSR count). The van der Waals surface area contributed by atoms with Crippen LogP contribution in [0.1, 0.15) is 45.4 Å². The highest BCUT2D eigenvalue weighted by Crippen LogP contribution is 2.26. The highest BCUT2D eigenvalue weighted by molar-refractivity contribution is 4.94. The largest absolute Gasteiger partial charge is 0.394 e. The standard InChI is InChI=1S/C16H33NO4/c1-3-16(14-18,17-15-6-7-15)8-4-9-20-10-5-11-21-13-12-19-2/h15,17-18H,3-14H2,1-2H3. The van der Waals surface area contributed by atoms with Crippen molar-refractivity contribution in [3.05, 3.63) is 0 Å². The Bertz CT molecular complexity index is 242. The van der Waals surface area contributed by atoms with Crippen molar-refractivity contribution >= 4 is 0 Å². The van der Waals surface area contributed by atoms with E-state index in [2.05, 4.69) is 12.2 Å². The van der Waals surface area contributed by atoms with Gasteiger partial charge in [-0.15, -0.1) is 0 Å². The molecule has 5 heteroatoms. The van der Waals surface area contributed by atoms with E-state index in [1.165, 1.54) is 12.8 Å². The maximum Gasteiger partial charge on any atom is 0.0700 e. The molecule has 0 aromatic heterocycles. The van der Waals surface area contributed by atoms with Crippen LogP contribution in [-0.2, 0) is 14.2 Å². The van der Waals surface area contributed by atoms with Crippen LogP contribution in [-0.4, -0.2) is 63.4 Å². The number of aliphatic hydroxyl groups excluding tert-OH is 1. The van der Waals surface area contributed by atoms with E-state index >= 15 is 0 Å². The minimum Gasteiger partial charge on any atom is -0.394 e. The molecule has 0 aliphatic heterocycles. The quantitative estimate of drug-likeness (QED) is 0.451. The van der Waals surface area contributed by atoms with Crippen LogP contribution in [0.25, 0.3) is 0 Å². The fourth-order valence-corrected chi connectivity index (χ4v) is 2.37. The number of aliphatic hydroxyl groups is 1. The first-order chi connectivity index (χ1) is 10.3. The van der Waals surface area contributed by atoms with Crippen molar-refractivity contribution in [1.29, 1.82) is 0 Å². The van der Waals surface area contributed by atoms with E-state index < -0.39 is 0 Å². The van der Waals surface area contributed by atoms with E-state index in [1.54, 1.807) is 7.11 Å². The van der Waals surface area contributed by atoms with E-state index in [-0.39, 0.29) is 12.1 Å². The number of rotatable bonds is 15. The number of methoxy groups -OCH3 is 1. The summed E-state index contributed by atoms with van der Waals surface area (Å²) in [4.78, 5) is 0. The number of ether oxygens (including phenoxy) is 3. The predicted molar refractivity (Wildman–Crippen MR) is 83.6 cm³/mol. The third kappa shape index (κ3) is 8.73. The average Bonchev–Trinajstić information content (AvgIpc) is 3.32. The molecule has 5 nitrogen and oxygen atoms in total. The van der Waals surface area contributed by atoms with Gasteiger partial charge in [-0.1, -0.05) is 6.92 Å². The molecular weight excluding hydrogens is 270 g/mol. The van der Waals surface area contributed by atoms with Crippen LogP contribution in [0, 0.1) is 0 Å². The summed E-state index contributed by atoms with van der Waals surface area (Å²) in [5, 5.41) is 13.3. The molecule has 0 radical (unpaired) electrons. The minimum absolute atomic E-state index is 0.103. The van der Waals surface area contributed by atoms with Gasteiger partial charge >= 0.3 is 0 Å². The van der Waals surface area contributed by atoms with Crippen molar-refractivity contribution < 1.29 is 19.3 Å². The molecule has 1 aliphatic carbocycles. The Labute approximate surface area is 129 Å². The van der Waals surface area contributed by atoms with Gasteiger partial charge in [-0.2, -0.15) is 0 Å². The maximum absolute atomic E-state index is 9.67. The number of hydrogen-bond donors (Lipinski definition) is 2. The number of nitrogens with one attached hydrogen (secondary N) is 1. The molecule has 2 N–H and O–H groups in total. The van der Waals surface area contributed by atoms with Crippen molar-refractivity contribution in [2.24, 2.45) is 0 Å². The summed E-state index contributed by atoms with van der Waals surface area (Å²) in [5.41, 5.74) is -0.103. The van der Waals surface area contributed by atoms with Crippen molar-refractivity contribution in [3.8, 4) is 0 Å². The summed E-state index contributed by atoms with van der Waals surface area (Å²) in [5.74, 6) is 0. The van der Waals surface area contributed by atoms with E-state index in [1.807, 2.05) is 0 Å². The zero-order valence-corrected chi connectivity index (χ0v) is 13.7. The lowest BCUT2D eigenvalue weighted by Crippen LogP contribution is -2.49. The summed E-state index contributed by atoms with van der Waals surface area (Å²) in [6.07, 6.45) is 6.35. The van der Waals surface area contributed by atoms with Gasteiger partial charge in [-0.3, -0.25) is 0 Å². The molecule has 0 spiro atoms. The Morgan fingerprint density at radius 2 is 1.71 bits per heavy atom. The van der Waals surface area contributed by atoms with Crippen LogP contribution < -0.4 is 5.32 Å². The summed E-state index contributed by atoms with van der Waals surface area (Å²) in [6, 6.07) is 0.627. The molecular formula is C16H33NO4. The summed E-state index contributed by atoms with van der Waals surface area (Å²) < 4.78 is 15.9. The van der Waals surface area contributed by atoms with Gasteiger partial charge in [0.1, 0.15) is 0 Å². The van der Waals surface area contributed by atoms with Crippen LogP contribution in [0.15, 0.2) is 0 Å². The van der Waals surface area contributed by atoms with Crippen molar-refractivity contribution in [1.82, 2.24) is 5.32 Å². The molecule has 0 bridgehead atoms. The van der Waals surface area contributed by atoms with Crippen molar-refractivity contribution in [2.45, 2.75) is 57.0 Å². The first-order valence-corrected chi connectivity index (χ1v) is 8.29. The summed E-state index contributed by atoms with van der Waals surface area (Å²) in [6.45, 7) is 5.88. The van der Waals surface area contributed by atoms with E-state index in [0.29, 0.717) is 19.3 Å². The fraction of sp³-hybridized carbons (Fsp3) is 1.00. The Balaban J connectivity index is 1.96. The van der Waals surface area contributed by atoms with Crippen molar-refractivity contribution in [3.63, 3.8) is 0 Å². The summed E-state index contributed by atoms with van der Waals surface area (Å²) >= 11 is 0. The molecule has 21 heavy (non-hydrogen) atoms. The smallest absolute Gasteiger partial charge is 0.0700 e. The lowest BCUT2D eigenvalue weighted by Gasteiger charge is -2.32. The monoisotopic (exact) mass is 303 g/mol. The van der Waals surface area contributed by atoms with Crippen LogP contribution in [0.2, 0.25) is 0 Å². The van der Waals surface area contributed by atoms with Gasteiger partial charge in [0.15, 0.2) is 0 Å². The van der Waals surface area contributed by atoms with E-state index in [0.717, 1.165) is 45.5 Å². The minimum atomic E-state index is -0.103. The first kappa shape index (κ1) is 18.8. The molecule has 1 atom stereocenters. The van der Waals surface area contributed by atoms with E-state index in [9.17, 15) is 5.11 Å². The van der Waals surface area contributed by atoms with Gasteiger partial charge in [-0.05, 0) is 38.5 Å². The third-order valence-electron chi connectivity index (χ3n) is 4.02. The number of hydrogen-bond acceptors (Lipinski definition) is 5. The van der Waals surface area contributed by atoms with Crippen LogP contribution in [0.5, 0.6) is 0 Å². The molecule has 126 valence electrons. The normalized spacial score (nSPS) is 17.9.